The Bertz CT molecular complexity index is 1120. The molecule has 134 valence electrons. The first-order chi connectivity index (χ1) is 13.2. The molecule has 0 spiro atoms. The molecule has 0 fully saturated rings. The molecule has 1 unspecified atom stereocenters. The van der Waals surface area contributed by atoms with Crippen LogP contribution in [-0.4, -0.2) is 26.3 Å². The standard InChI is InChI=1S/C20H15N3O3S/c24-18-12-26-17-7-6-14(10-16(17)22-18)15-11-23-9-8-21-20(23)27(25)19(15)13-4-2-1-3-5-13/h1-10H,11-12H2,(H,22,24). The highest BCUT2D eigenvalue weighted by Gasteiger charge is 2.28. The van der Waals surface area contributed by atoms with Gasteiger partial charge in [0, 0.05) is 12.4 Å². The van der Waals surface area contributed by atoms with E-state index >= 15 is 0 Å². The van der Waals surface area contributed by atoms with Crippen LogP contribution in [0.25, 0.3) is 10.5 Å². The van der Waals surface area contributed by atoms with Crippen molar-refractivity contribution in [1.82, 2.24) is 9.55 Å². The first-order valence-corrected chi connectivity index (χ1v) is 9.64. The van der Waals surface area contributed by atoms with Crippen LogP contribution < -0.4 is 10.1 Å². The number of allylic oxidation sites excluding steroid dienone is 1. The molecule has 2 aliphatic heterocycles. The topological polar surface area (TPSA) is 73.2 Å². The summed E-state index contributed by atoms with van der Waals surface area (Å²) in [4.78, 5) is 16.7. The second-order valence-corrected chi connectivity index (χ2v) is 7.64. The molecule has 2 aromatic carbocycles. The summed E-state index contributed by atoms with van der Waals surface area (Å²) in [6, 6.07) is 15.4. The molecule has 27 heavy (non-hydrogen) atoms. The summed E-state index contributed by atoms with van der Waals surface area (Å²) in [5.41, 5.74) is 3.36. The smallest absolute Gasteiger partial charge is 0.262 e. The van der Waals surface area contributed by atoms with E-state index in [1.807, 2.05) is 59.3 Å². The molecule has 1 amide bonds. The van der Waals surface area contributed by atoms with Crippen LogP contribution in [0.15, 0.2) is 66.1 Å². The van der Waals surface area contributed by atoms with Crippen molar-refractivity contribution in [3.05, 3.63) is 72.1 Å². The van der Waals surface area contributed by atoms with Gasteiger partial charge >= 0.3 is 0 Å². The number of fused-ring (bicyclic) bond motifs is 2. The molecule has 1 N–H and O–H groups in total. The van der Waals surface area contributed by atoms with Crippen molar-refractivity contribution in [2.75, 3.05) is 11.9 Å². The highest BCUT2D eigenvalue weighted by atomic mass is 32.2. The van der Waals surface area contributed by atoms with Crippen LogP contribution in [0.1, 0.15) is 11.1 Å². The van der Waals surface area contributed by atoms with E-state index in [0.29, 0.717) is 23.1 Å². The monoisotopic (exact) mass is 377 g/mol. The number of rotatable bonds is 2. The van der Waals surface area contributed by atoms with Crippen LogP contribution >= 0.6 is 0 Å². The number of anilines is 1. The lowest BCUT2D eigenvalue weighted by atomic mass is 10.0. The third kappa shape index (κ3) is 2.67. The second kappa shape index (κ2) is 6.21. The predicted molar refractivity (Wildman–Crippen MR) is 102 cm³/mol. The van der Waals surface area contributed by atoms with Gasteiger partial charge < -0.3 is 14.6 Å². The van der Waals surface area contributed by atoms with E-state index in [9.17, 15) is 9.00 Å². The number of amides is 1. The molecule has 0 bridgehead atoms. The van der Waals surface area contributed by atoms with Gasteiger partial charge in [0.15, 0.2) is 6.61 Å². The van der Waals surface area contributed by atoms with Crippen LogP contribution in [0.2, 0.25) is 0 Å². The number of hydrogen-bond donors (Lipinski definition) is 1. The number of carbonyl (C=O) groups excluding carboxylic acids is 1. The maximum Gasteiger partial charge on any atom is 0.262 e. The van der Waals surface area contributed by atoms with Gasteiger partial charge in [-0.25, -0.2) is 9.19 Å². The van der Waals surface area contributed by atoms with Gasteiger partial charge in [-0.3, -0.25) is 4.79 Å². The summed E-state index contributed by atoms with van der Waals surface area (Å²) in [7, 11) is -1.40. The highest BCUT2D eigenvalue weighted by Crippen LogP contribution is 2.39. The van der Waals surface area contributed by atoms with Gasteiger partial charge in [-0.05, 0) is 28.8 Å². The van der Waals surface area contributed by atoms with Crippen molar-refractivity contribution >= 4 is 32.9 Å². The third-order valence-corrected chi connectivity index (χ3v) is 6.15. The fourth-order valence-corrected chi connectivity index (χ4v) is 4.83. The summed E-state index contributed by atoms with van der Waals surface area (Å²) >= 11 is 0. The van der Waals surface area contributed by atoms with Crippen molar-refractivity contribution in [2.45, 2.75) is 11.7 Å². The molecule has 2 aliphatic rings. The van der Waals surface area contributed by atoms with E-state index in [1.165, 1.54) is 0 Å². The van der Waals surface area contributed by atoms with Crippen molar-refractivity contribution in [3.63, 3.8) is 0 Å². The number of hydrogen-bond acceptors (Lipinski definition) is 4. The Morgan fingerprint density at radius 3 is 2.81 bits per heavy atom. The number of benzene rings is 2. The van der Waals surface area contributed by atoms with Crippen molar-refractivity contribution in [2.24, 2.45) is 0 Å². The normalized spacial score (nSPS) is 18.4. The minimum atomic E-state index is -1.40. The van der Waals surface area contributed by atoms with E-state index in [-0.39, 0.29) is 12.5 Å². The number of ether oxygens (including phenoxy) is 1. The fraction of sp³-hybridized carbons (Fsp3) is 0.100. The summed E-state index contributed by atoms with van der Waals surface area (Å²) in [6.45, 7) is 0.575. The van der Waals surface area contributed by atoms with Gasteiger partial charge in [0.25, 0.3) is 5.91 Å². The Morgan fingerprint density at radius 2 is 1.96 bits per heavy atom. The summed E-state index contributed by atoms with van der Waals surface area (Å²) < 4.78 is 20.6. The number of carbonyl (C=O) groups is 1. The molecule has 0 radical (unpaired) electrons. The Kier molecular flexibility index (Phi) is 3.68. The molecular formula is C20H15N3O3S. The van der Waals surface area contributed by atoms with Crippen molar-refractivity contribution < 1.29 is 13.7 Å². The second-order valence-electron chi connectivity index (χ2n) is 6.33. The van der Waals surface area contributed by atoms with Gasteiger partial charge in [-0.1, -0.05) is 36.4 Å². The van der Waals surface area contributed by atoms with E-state index in [0.717, 1.165) is 21.6 Å². The zero-order valence-electron chi connectivity index (χ0n) is 14.2. The number of aromatic nitrogens is 2. The zero-order valence-corrected chi connectivity index (χ0v) is 15.0. The molecule has 3 heterocycles. The van der Waals surface area contributed by atoms with Gasteiger partial charge in [-0.15, -0.1) is 0 Å². The molecule has 0 aliphatic carbocycles. The molecule has 0 saturated carbocycles. The number of nitrogens with zero attached hydrogens (tertiary/aromatic N) is 2. The molecule has 5 rings (SSSR count). The lowest BCUT2D eigenvalue weighted by Gasteiger charge is -2.24. The Balaban J connectivity index is 1.70. The van der Waals surface area contributed by atoms with Crippen molar-refractivity contribution in [1.29, 1.82) is 0 Å². The summed E-state index contributed by atoms with van der Waals surface area (Å²) in [5.74, 6) is 0.460. The molecule has 7 heteroatoms. The van der Waals surface area contributed by atoms with E-state index < -0.39 is 10.8 Å². The van der Waals surface area contributed by atoms with Gasteiger partial charge in [0.1, 0.15) is 16.5 Å². The van der Waals surface area contributed by atoms with E-state index in [1.54, 1.807) is 6.20 Å². The van der Waals surface area contributed by atoms with E-state index in [2.05, 4.69) is 10.3 Å². The molecular weight excluding hydrogens is 362 g/mol. The largest absolute Gasteiger partial charge is 0.482 e. The minimum absolute atomic E-state index is 0.0206. The third-order valence-electron chi connectivity index (χ3n) is 4.63. The minimum Gasteiger partial charge on any atom is -0.482 e. The summed E-state index contributed by atoms with van der Waals surface area (Å²) in [6.07, 6.45) is 3.50. The Labute approximate surface area is 158 Å². The van der Waals surface area contributed by atoms with Crippen LogP contribution in [0, 0.1) is 0 Å². The number of imidazole rings is 1. The Hall–Kier alpha value is -3.19. The van der Waals surface area contributed by atoms with Crippen LogP contribution in [0.3, 0.4) is 0 Å². The predicted octanol–water partition coefficient (Wildman–Crippen LogP) is 2.90. The number of nitrogens with one attached hydrogen (secondary N) is 1. The molecule has 1 atom stereocenters. The zero-order chi connectivity index (χ0) is 18.4. The maximum absolute atomic E-state index is 13.3. The fourth-order valence-electron chi connectivity index (χ4n) is 3.40. The van der Waals surface area contributed by atoms with Crippen molar-refractivity contribution in [3.8, 4) is 5.75 Å². The van der Waals surface area contributed by atoms with Gasteiger partial charge in [-0.2, -0.15) is 0 Å². The Morgan fingerprint density at radius 1 is 1.11 bits per heavy atom. The first-order valence-electron chi connectivity index (χ1n) is 8.49. The van der Waals surface area contributed by atoms with Gasteiger partial charge in [0.05, 0.1) is 17.1 Å². The lowest BCUT2D eigenvalue weighted by Crippen LogP contribution is -2.25. The van der Waals surface area contributed by atoms with Gasteiger partial charge in [0.2, 0.25) is 5.16 Å². The quantitative estimate of drug-likeness (QED) is 0.745. The van der Waals surface area contributed by atoms with Crippen LogP contribution in [0.5, 0.6) is 5.75 Å². The first kappa shape index (κ1) is 16.0. The van der Waals surface area contributed by atoms with E-state index in [4.69, 9.17) is 4.74 Å². The summed E-state index contributed by atoms with van der Waals surface area (Å²) in [5, 5.41) is 3.39. The molecule has 1 aromatic heterocycles. The SMILES string of the molecule is O=C1COc2ccc(C3=C(c4ccccc4)S(=O)c4nccn4C3)cc2N1. The highest BCUT2D eigenvalue weighted by molar-refractivity contribution is 7.94. The molecule has 0 saturated heterocycles. The van der Waals surface area contributed by atoms with Crippen LogP contribution in [-0.2, 0) is 22.1 Å². The maximum atomic E-state index is 13.3. The average Bonchev–Trinajstić information content (AvgIpc) is 3.17. The lowest BCUT2D eigenvalue weighted by molar-refractivity contribution is -0.118. The molecule has 3 aromatic rings. The average molecular weight is 377 g/mol. The van der Waals surface area contributed by atoms with Crippen LogP contribution in [0.4, 0.5) is 5.69 Å². The molecule has 6 nitrogen and oxygen atoms in total.